The number of rotatable bonds is 10. The lowest BCUT2D eigenvalue weighted by molar-refractivity contribution is 0.0456. The van der Waals surface area contributed by atoms with Gasteiger partial charge in [0, 0.05) is 14.4 Å². The molecule has 4 rings (SSSR count). The van der Waals surface area contributed by atoms with E-state index in [9.17, 15) is 0 Å². The van der Waals surface area contributed by atoms with E-state index in [0.29, 0.717) is 12.0 Å². The number of fused-ring (bicyclic) bond motifs is 1. The predicted octanol–water partition coefficient (Wildman–Crippen LogP) is 10.4. The lowest BCUT2D eigenvalue weighted by Gasteiger charge is -2.43. The minimum Gasteiger partial charge on any atom is -0.490 e. The minimum absolute atomic E-state index is 0.0782. The Balaban J connectivity index is 1.48. The zero-order valence-corrected chi connectivity index (χ0v) is 23.9. The molecule has 2 aromatic carbocycles. The minimum atomic E-state index is -0.830. The van der Waals surface area contributed by atoms with Crippen LogP contribution in [0.3, 0.4) is 0 Å². The smallest absolute Gasteiger partial charge is 0.201 e. The summed E-state index contributed by atoms with van der Waals surface area (Å²) in [4.78, 5) is 0. The molecule has 0 N–H and O–H groups in total. The molecule has 194 valence electrons. The second-order valence-corrected chi connectivity index (χ2v) is 12.4. The highest BCUT2D eigenvalue weighted by molar-refractivity contribution is 14.1. The highest BCUT2D eigenvalue weighted by Gasteiger charge is 2.38. The normalized spacial score (nSPS) is 23.6. The van der Waals surface area contributed by atoms with E-state index < -0.39 is 11.6 Å². The van der Waals surface area contributed by atoms with Gasteiger partial charge in [0.2, 0.25) is 5.82 Å². The van der Waals surface area contributed by atoms with Crippen molar-refractivity contribution >= 4 is 33.4 Å². The first-order valence-corrected chi connectivity index (χ1v) is 15.3. The average Bonchev–Trinajstić information content (AvgIpc) is 2.88. The van der Waals surface area contributed by atoms with Crippen LogP contribution in [0, 0.1) is 32.5 Å². The van der Waals surface area contributed by atoms with Crippen LogP contribution < -0.4 is 4.74 Å². The van der Waals surface area contributed by atoms with Crippen molar-refractivity contribution in [3.8, 4) is 5.75 Å². The van der Waals surface area contributed by atoms with Gasteiger partial charge in [0.25, 0.3) is 0 Å². The molecular weight excluding hydrogens is 553 g/mol. The molecule has 1 nitrogen and oxygen atoms in total. The monoisotopic (exact) mass is 596 g/mol. The summed E-state index contributed by atoms with van der Waals surface area (Å²) in [6, 6.07) is 5.73. The first kappa shape index (κ1) is 27.1. The highest BCUT2D eigenvalue weighted by Crippen LogP contribution is 2.47. The highest BCUT2D eigenvalue weighted by atomic mass is 127. The molecule has 2 aliphatic rings. The summed E-state index contributed by atoms with van der Waals surface area (Å²) in [5.41, 5.74) is 1.20. The maximum Gasteiger partial charge on any atom is 0.201 e. The van der Waals surface area contributed by atoms with E-state index in [0.717, 1.165) is 77.7 Å². The number of unbranched alkanes of at least 4 members (excludes halogenated alkanes) is 2. The van der Waals surface area contributed by atoms with Crippen LogP contribution in [0.1, 0.15) is 109 Å². The van der Waals surface area contributed by atoms with Crippen molar-refractivity contribution in [3.05, 3.63) is 39.0 Å². The van der Waals surface area contributed by atoms with Crippen LogP contribution in [0.5, 0.6) is 5.75 Å². The third-order valence-corrected chi connectivity index (χ3v) is 10.2. The Morgan fingerprint density at radius 1 is 0.914 bits per heavy atom. The molecule has 2 fully saturated rings. The Hall–Kier alpha value is -0.910. The molecule has 0 bridgehead atoms. The van der Waals surface area contributed by atoms with Crippen LogP contribution in [0.4, 0.5) is 8.78 Å². The molecule has 2 aliphatic carbocycles. The topological polar surface area (TPSA) is 9.23 Å². The Bertz CT molecular complexity index is 974. The molecule has 0 heterocycles. The molecular formula is C31H43F2IO. The largest absolute Gasteiger partial charge is 0.490 e. The fraction of sp³-hybridized carbons (Fsp3) is 0.677. The molecule has 4 heteroatoms. The van der Waals surface area contributed by atoms with Crippen LogP contribution >= 0.6 is 22.6 Å². The van der Waals surface area contributed by atoms with E-state index in [1.54, 1.807) is 6.07 Å². The van der Waals surface area contributed by atoms with E-state index >= 15 is 8.78 Å². The van der Waals surface area contributed by atoms with Gasteiger partial charge in [-0.2, -0.15) is 4.39 Å². The standard InChI is InChI=1S/C31H43F2IO/c1-3-5-7-12-24-13-14-25-20-26(28(32)29(33)27(25)30(24)34)35-21-31(17-4-2)18-15-23(16-19-31)22-10-8-6-9-11-22/h13-14,20,22-23H,3-12,15-19,21H2,1-2H3/t23-,31-. The second kappa shape index (κ2) is 12.6. The number of hydrogen-bond donors (Lipinski definition) is 0. The summed E-state index contributed by atoms with van der Waals surface area (Å²) in [5, 5.41) is 1.13. The van der Waals surface area contributed by atoms with Crippen molar-refractivity contribution < 1.29 is 13.5 Å². The Kier molecular flexibility index (Phi) is 9.74. The van der Waals surface area contributed by atoms with Gasteiger partial charge in [-0.15, -0.1) is 0 Å². The third kappa shape index (κ3) is 6.33. The van der Waals surface area contributed by atoms with Gasteiger partial charge in [-0.25, -0.2) is 4.39 Å². The molecule has 2 saturated carbocycles. The summed E-state index contributed by atoms with van der Waals surface area (Å²) in [6.07, 6.45) is 18.3. The van der Waals surface area contributed by atoms with Gasteiger partial charge in [0.1, 0.15) is 0 Å². The lowest BCUT2D eigenvalue weighted by Crippen LogP contribution is -2.35. The van der Waals surface area contributed by atoms with Gasteiger partial charge in [0.15, 0.2) is 11.6 Å². The summed E-state index contributed by atoms with van der Waals surface area (Å²) in [7, 11) is 0. The van der Waals surface area contributed by atoms with Crippen molar-refractivity contribution in [3.63, 3.8) is 0 Å². The van der Waals surface area contributed by atoms with Crippen LogP contribution in [-0.4, -0.2) is 6.61 Å². The zero-order chi connectivity index (χ0) is 24.8. The lowest BCUT2D eigenvalue weighted by atomic mass is 9.64. The Morgan fingerprint density at radius 2 is 1.63 bits per heavy atom. The van der Waals surface area contributed by atoms with Crippen molar-refractivity contribution in [2.75, 3.05) is 6.61 Å². The molecule has 0 radical (unpaired) electrons. The van der Waals surface area contributed by atoms with Gasteiger partial charge in [0.05, 0.1) is 6.61 Å². The summed E-state index contributed by atoms with van der Waals surface area (Å²) >= 11 is 2.19. The number of ether oxygens (including phenoxy) is 1. The number of halogens is 3. The molecule has 0 unspecified atom stereocenters. The average molecular weight is 597 g/mol. The van der Waals surface area contributed by atoms with Gasteiger partial charge in [-0.3, -0.25) is 0 Å². The van der Waals surface area contributed by atoms with Crippen LogP contribution in [0.25, 0.3) is 10.8 Å². The van der Waals surface area contributed by atoms with Gasteiger partial charge in [-0.1, -0.05) is 77.3 Å². The summed E-state index contributed by atoms with van der Waals surface area (Å²) in [5.74, 6) is 0.247. The van der Waals surface area contributed by atoms with Gasteiger partial charge >= 0.3 is 0 Å². The molecule has 0 aromatic heterocycles. The van der Waals surface area contributed by atoms with Gasteiger partial charge < -0.3 is 4.74 Å². The SMILES string of the molecule is CCCCCc1ccc2cc(OC[C@]3(CCC)CC[C@@H](C4CCCCC4)CC3)c(F)c(F)c2c1I. The maximum atomic E-state index is 15.3. The van der Waals surface area contributed by atoms with E-state index in [1.807, 2.05) is 6.07 Å². The predicted molar refractivity (Wildman–Crippen MR) is 151 cm³/mol. The Morgan fingerprint density at radius 3 is 2.31 bits per heavy atom. The zero-order valence-electron chi connectivity index (χ0n) is 21.7. The summed E-state index contributed by atoms with van der Waals surface area (Å²) in [6.45, 7) is 4.90. The molecule has 2 aromatic rings. The first-order chi connectivity index (χ1) is 17.0. The molecule has 0 aliphatic heterocycles. The van der Waals surface area contributed by atoms with Crippen LogP contribution in [0.15, 0.2) is 18.2 Å². The fourth-order valence-corrected chi connectivity index (χ4v) is 7.82. The Labute approximate surface area is 224 Å². The maximum absolute atomic E-state index is 15.3. The first-order valence-electron chi connectivity index (χ1n) is 14.2. The van der Waals surface area contributed by atoms with E-state index in [2.05, 4.69) is 42.5 Å². The number of hydrogen-bond acceptors (Lipinski definition) is 1. The molecule has 0 amide bonds. The van der Waals surface area contributed by atoms with Crippen LogP contribution in [-0.2, 0) is 6.42 Å². The van der Waals surface area contributed by atoms with Crippen molar-refractivity contribution in [2.45, 2.75) is 110 Å². The van der Waals surface area contributed by atoms with Gasteiger partial charge in [-0.05, 0) is 96.4 Å². The van der Waals surface area contributed by atoms with E-state index in [-0.39, 0.29) is 11.2 Å². The fourth-order valence-electron chi connectivity index (χ4n) is 6.82. The number of benzene rings is 2. The quantitative estimate of drug-likeness (QED) is 0.196. The summed E-state index contributed by atoms with van der Waals surface area (Å²) < 4.78 is 37.5. The van der Waals surface area contributed by atoms with Crippen molar-refractivity contribution in [2.24, 2.45) is 17.3 Å². The second-order valence-electron chi connectivity index (χ2n) is 11.4. The molecule has 0 saturated heterocycles. The van der Waals surface area contributed by atoms with Crippen molar-refractivity contribution in [1.29, 1.82) is 0 Å². The molecule has 35 heavy (non-hydrogen) atoms. The van der Waals surface area contributed by atoms with E-state index in [1.165, 1.54) is 44.9 Å². The number of aryl methyl sites for hydroxylation is 1. The third-order valence-electron chi connectivity index (χ3n) is 8.94. The van der Waals surface area contributed by atoms with E-state index in [4.69, 9.17) is 4.74 Å². The molecule has 0 atom stereocenters. The molecule has 0 spiro atoms. The van der Waals surface area contributed by atoms with Crippen molar-refractivity contribution in [1.82, 2.24) is 0 Å². The van der Waals surface area contributed by atoms with Crippen LogP contribution in [0.2, 0.25) is 0 Å².